The van der Waals surface area contributed by atoms with E-state index in [4.69, 9.17) is 0 Å². The number of nitrogens with one attached hydrogen (secondary N) is 2. The molecule has 1 aliphatic heterocycles. The van der Waals surface area contributed by atoms with Gasteiger partial charge < -0.3 is 10.6 Å². The molecule has 0 fully saturated rings. The van der Waals surface area contributed by atoms with Crippen LogP contribution in [0, 0.1) is 0 Å². The molecule has 0 bridgehead atoms. The lowest BCUT2D eigenvalue weighted by Gasteiger charge is -2.18. The standard InChI is InChI=1S/C6H10N2O/c1-4-3-7-6(9)5(2)8-4/h3,5,8H,1-2H3,(H,7,9)/t5-/m0/s1. The number of hydrogen-bond donors (Lipinski definition) is 2. The molecule has 0 aliphatic carbocycles. The number of carbonyl (C=O) groups is 1. The van der Waals surface area contributed by atoms with Crippen LogP contribution in [0.1, 0.15) is 13.8 Å². The third kappa shape index (κ3) is 1.22. The molecule has 0 unspecified atom stereocenters. The molecule has 50 valence electrons. The first-order valence-electron chi connectivity index (χ1n) is 2.94. The van der Waals surface area contributed by atoms with E-state index >= 15 is 0 Å². The molecule has 3 nitrogen and oxygen atoms in total. The minimum atomic E-state index is -0.0880. The molecule has 9 heavy (non-hydrogen) atoms. The van der Waals surface area contributed by atoms with Crippen LogP contribution in [-0.4, -0.2) is 11.9 Å². The Morgan fingerprint density at radius 1 is 1.67 bits per heavy atom. The van der Waals surface area contributed by atoms with Gasteiger partial charge in [-0.15, -0.1) is 0 Å². The third-order valence-corrected chi connectivity index (χ3v) is 1.27. The van der Waals surface area contributed by atoms with Crippen LogP contribution in [0.5, 0.6) is 0 Å². The summed E-state index contributed by atoms with van der Waals surface area (Å²) in [5.41, 5.74) is 1.00. The maximum absolute atomic E-state index is 10.7. The van der Waals surface area contributed by atoms with Crippen molar-refractivity contribution in [3.05, 3.63) is 11.9 Å². The molecule has 0 saturated heterocycles. The molecule has 1 aliphatic rings. The zero-order valence-electron chi connectivity index (χ0n) is 5.56. The zero-order chi connectivity index (χ0) is 6.85. The second-order valence-electron chi connectivity index (χ2n) is 2.20. The highest BCUT2D eigenvalue weighted by Crippen LogP contribution is 1.94. The number of carbonyl (C=O) groups excluding carboxylic acids is 1. The fourth-order valence-corrected chi connectivity index (χ4v) is 0.753. The largest absolute Gasteiger partial charge is 0.376 e. The second-order valence-corrected chi connectivity index (χ2v) is 2.20. The van der Waals surface area contributed by atoms with Crippen LogP contribution in [0.2, 0.25) is 0 Å². The quantitative estimate of drug-likeness (QED) is 0.478. The number of allylic oxidation sites excluding steroid dienone is 1. The van der Waals surface area contributed by atoms with Crippen LogP contribution < -0.4 is 10.6 Å². The Hall–Kier alpha value is -0.990. The molecule has 0 saturated carbocycles. The molecule has 2 N–H and O–H groups in total. The Kier molecular flexibility index (Phi) is 1.42. The maximum atomic E-state index is 10.7. The van der Waals surface area contributed by atoms with Crippen molar-refractivity contribution < 1.29 is 4.79 Å². The normalized spacial score (nSPS) is 26.2. The fourth-order valence-electron chi connectivity index (χ4n) is 0.753. The van der Waals surface area contributed by atoms with Gasteiger partial charge in [-0.2, -0.15) is 0 Å². The predicted octanol–water partition coefficient (Wildman–Crippen LogP) is -0.0444. The van der Waals surface area contributed by atoms with Gasteiger partial charge in [0.2, 0.25) is 5.91 Å². The molecule has 0 aromatic heterocycles. The molecule has 3 heteroatoms. The van der Waals surface area contributed by atoms with Gasteiger partial charge in [0.15, 0.2) is 0 Å². The molecule has 0 spiro atoms. The molecule has 1 amide bonds. The van der Waals surface area contributed by atoms with Gasteiger partial charge in [0, 0.05) is 11.9 Å². The summed E-state index contributed by atoms with van der Waals surface area (Å²) in [4.78, 5) is 10.7. The van der Waals surface area contributed by atoms with Crippen molar-refractivity contribution in [2.24, 2.45) is 0 Å². The fraction of sp³-hybridized carbons (Fsp3) is 0.500. The van der Waals surface area contributed by atoms with Gasteiger partial charge in [0.1, 0.15) is 6.04 Å². The summed E-state index contributed by atoms with van der Waals surface area (Å²) in [5.74, 6) is 0.0283. The van der Waals surface area contributed by atoms with Gasteiger partial charge in [0.05, 0.1) is 0 Å². The highest BCUT2D eigenvalue weighted by atomic mass is 16.2. The van der Waals surface area contributed by atoms with Crippen molar-refractivity contribution in [2.45, 2.75) is 19.9 Å². The van der Waals surface area contributed by atoms with Crippen molar-refractivity contribution in [1.82, 2.24) is 10.6 Å². The Bertz CT molecular complexity index is 162. The van der Waals surface area contributed by atoms with Crippen molar-refractivity contribution in [3.8, 4) is 0 Å². The topological polar surface area (TPSA) is 41.1 Å². The highest BCUT2D eigenvalue weighted by Gasteiger charge is 2.14. The summed E-state index contributed by atoms with van der Waals surface area (Å²) in [6, 6.07) is -0.0880. The highest BCUT2D eigenvalue weighted by molar-refractivity contribution is 5.83. The lowest BCUT2D eigenvalue weighted by molar-refractivity contribution is -0.122. The van der Waals surface area contributed by atoms with E-state index in [9.17, 15) is 4.79 Å². The van der Waals surface area contributed by atoms with E-state index in [2.05, 4.69) is 10.6 Å². The van der Waals surface area contributed by atoms with Crippen LogP contribution >= 0.6 is 0 Å². The number of rotatable bonds is 0. The number of amides is 1. The van der Waals surface area contributed by atoms with Gasteiger partial charge in [-0.3, -0.25) is 4.79 Å². The van der Waals surface area contributed by atoms with Crippen LogP contribution in [0.4, 0.5) is 0 Å². The van der Waals surface area contributed by atoms with Crippen molar-refractivity contribution in [2.75, 3.05) is 0 Å². The summed E-state index contributed by atoms with van der Waals surface area (Å²) >= 11 is 0. The van der Waals surface area contributed by atoms with Crippen LogP contribution in [0.3, 0.4) is 0 Å². The van der Waals surface area contributed by atoms with E-state index in [1.54, 1.807) is 6.20 Å². The third-order valence-electron chi connectivity index (χ3n) is 1.27. The van der Waals surface area contributed by atoms with E-state index in [1.807, 2.05) is 13.8 Å². The SMILES string of the molecule is CC1=CNC(=O)[C@H](C)N1. The van der Waals surface area contributed by atoms with E-state index < -0.39 is 0 Å². The Morgan fingerprint density at radius 3 is 2.78 bits per heavy atom. The van der Waals surface area contributed by atoms with Crippen LogP contribution in [0.15, 0.2) is 11.9 Å². The molecular formula is C6H10N2O. The molecule has 1 atom stereocenters. The monoisotopic (exact) mass is 126 g/mol. The summed E-state index contributed by atoms with van der Waals surface area (Å²) in [7, 11) is 0. The van der Waals surface area contributed by atoms with Crippen LogP contribution in [-0.2, 0) is 4.79 Å². The first-order valence-corrected chi connectivity index (χ1v) is 2.94. The van der Waals surface area contributed by atoms with E-state index in [-0.39, 0.29) is 11.9 Å². The lowest BCUT2D eigenvalue weighted by Crippen LogP contribution is -2.43. The second kappa shape index (κ2) is 2.09. The van der Waals surface area contributed by atoms with E-state index in [1.165, 1.54) is 0 Å². The summed E-state index contributed by atoms with van der Waals surface area (Å²) < 4.78 is 0. The minimum absolute atomic E-state index is 0.0283. The number of hydrogen-bond acceptors (Lipinski definition) is 2. The molecule has 1 heterocycles. The van der Waals surface area contributed by atoms with E-state index in [0.29, 0.717) is 0 Å². The average molecular weight is 126 g/mol. The summed E-state index contributed by atoms with van der Waals surface area (Å²) in [6.45, 7) is 3.74. The van der Waals surface area contributed by atoms with Crippen LogP contribution in [0.25, 0.3) is 0 Å². The van der Waals surface area contributed by atoms with Gasteiger partial charge in [-0.25, -0.2) is 0 Å². The van der Waals surface area contributed by atoms with Gasteiger partial charge >= 0.3 is 0 Å². The van der Waals surface area contributed by atoms with Crippen molar-refractivity contribution in [3.63, 3.8) is 0 Å². The molecule has 0 aromatic carbocycles. The summed E-state index contributed by atoms with van der Waals surface area (Å²) in [6.07, 6.45) is 1.67. The average Bonchev–Trinajstić information content (AvgIpc) is 1.80. The molecule has 1 rings (SSSR count). The van der Waals surface area contributed by atoms with Gasteiger partial charge in [-0.05, 0) is 13.8 Å². The zero-order valence-corrected chi connectivity index (χ0v) is 5.56. The first-order chi connectivity index (χ1) is 4.20. The van der Waals surface area contributed by atoms with Crippen molar-refractivity contribution in [1.29, 1.82) is 0 Å². The van der Waals surface area contributed by atoms with Gasteiger partial charge in [0.25, 0.3) is 0 Å². The maximum Gasteiger partial charge on any atom is 0.246 e. The molecule has 0 aromatic rings. The molecular weight excluding hydrogens is 116 g/mol. The Morgan fingerprint density at radius 2 is 2.33 bits per heavy atom. The van der Waals surface area contributed by atoms with Crippen molar-refractivity contribution >= 4 is 5.91 Å². The lowest BCUT2D eigenvalue weighted by atomic mass is 10.2. The molecule has 0 radical (unpaired) electrons. The Balaban J connectivity index is 2.65. The predicted molar refractivity (Wildman–Crippen MR) is 34.5 cm³/mol. The minimum Gasteiger partial charge on any atom is -0.376 e. The van der Waals surface area contributed by atoms with E-state index in [0.717, 1.165) is 5.70 Å². The summed E-state index contributed by atoms with van der Waals surface area (Å²) in [5, 5.41) is 5.60. The Labute approximate surface area is 54.1 Å². The smallest absolute Gasteiger partial charge is 0.246 e. The van der Waals surface area contributed by atoms with Gasteiger partial charge in [-0.1, -0.05) is 0 Å². The first kappa shape index (κ1) is 6.13.